The van der Waals surface area contributed by atoms with Crippen LogP contribution in [0.1, 0.15) is 89.5 Å². The molecule has 0 unspecified atom stereocenters. The van der Waals surface area contributed by atoms with Crippen molar-refractivity contribution in [3.8, 4) is 0 Å². The highest BCUT2D eigenvalue weighted by molar-refractivity contribution is 6.10. The van der Waals surface area contributed by atoms with Crippen LogP contribution in [-0.2, 0) is 32.1 Å². The van der Waals surface area contributed by atoms with Crippen molar-refractivity contribution in [2.45, 2.75) is 130 Å². The number of carbonyl (C=O) groups is 4. The van der Waals surface area contributed by atoms with Crippen LogP contribution in [0.15, 0.2) is 58.8 Å². The molecule has 2 aliphatic carbocycles. The van der Waals surface area contributed by atoms with Crippen molar-refractivity contribution in [2.75, 3.05) is 6.54 Å². The highest BCUT2D eigenvalue weighted by Crippen LogP contribution is 2.48. The van der Waals surface area contributed by atoms with Gasteiger partial charge in [0.2, 0.25) is 17.7 Å². The maximum atomic E-state index is 16.0. The first-order valence-corrected chi connectivity index (χ1v) is 22.4. The molecule has 0 saturated heterocycles. The van der Waals surface area contributed by atoms with Crippen molar-refractivity contribution in [3.05, 3.63) is 82.7 Å². The molecule has 9 N–H and O–H groups in total. The van der Waals surface area contributed by atoms with Gasteiger partial charge in [0.1, 0.15) is 23.7 Å². The molecule has 26 heteroatoms. The molecule has 2 saturated carbocycles. The summed E-state index contributed by atoms with van der Waals surface area (Å²) in [5, 5.41) is 19.1. The van der Waals surface area contributed by atoms with Crippen LogP contribution in [0.25, 0.3) is 11.1 Å². The Labute approximate surface area is 412 Å². The van der Waals surface area contributed by atoms with Gasteiger partial charge in [0, 0.05) is 65.5 Å². The molecule has 2 aromatic rings. The molecule has 404 valence electrons. The van der Waals surface area contributed by atoms with Gasteiger partial charge < -0.3 is 32.5 Å². The van der Waals surface area contributed by atoms with E-state index in [2.05, 4.69) is 31.4 Å². The number of alkyl halides is 10. The van der Waals surface area contributed by atoms with Gasteiger partial charge in [0.15, 0.2) is 0 Å². The zero-order valence-corrected chi connectivity index (χ0v) is 40.3. The second-order valence-corrected chi connectivity index (χ2v) is 19.6. The number of amides is 4. The van der Waals surface area contributed by atoms with Crippen molar-refractivity contribution in [1.29, 1.82) is 0 Å². The number of hydrazine groups is 1. The maximum absolute atomic E-state index is 16.0. The zero-order valence-electron chi connectivity index (χ0n) is 40.3. The van der Waals surface area contributed by atoms with Crippen molar-refractivity contribution in [3.63, 3.8) is 0 Å². The summed E-state index contributed by atoms with van der Waals surface area (Å²) in [4.78, 5) is 60.7. The van der Waals surface area contributed by atoms with Crippen molar-refractivity contribution >= 4 is 47.2 Å². The van der Waals surface area contributed by atoms with Gasteiger partial charge in [-0.3, -0.25) is 24.6 Å². The molecule has 4 atom stereocenters. The average Bonchev–Trinajstić information content (AvgIpc) is 4.22. The SMILES string of the molecule is CC1(C(=O)N[C@H](C(=O)N[C@@H](Cc2ccc(C(C=NC(F)F)=CN)cc2)[C@@H](O)CN(Cc2c(F)cc(C(C=NC(F)F)=CN)cc2F)NC(=O)[C@@H](NC(=O)C2(C)CC2)C(C)(C)C(F)(F)F)C(C)(C)C(F)(F)F)CC1. The molecule has 4 amide bonds. The van der Waals surface area contributed by atoms with Gasteiger partial charge in [0.25, 0.3) is 5.91 Å². The van der Waals surface area contributed by atoms with Gasteiger partial charge in [-0.15, -0.1) is 0 Å². The number of nitrogens with zero attached hydrogens (tertiary/aromatic N) is 3. The van der Waals surface area contributed by atoms with Crippen LogP contribution in [0.5, 0.6) is 0 Å². The van der Waals surface area contributed by atoms with Crippen LogP contribution >= 0.6 is 0 Å². The number of aliphatic imine (C=N–C) groups is 2. The first-order chi connectivity index (χ1) is 33.6. The molecule has 4 rings (SSSR count). The average molecular weight is 1060 g/mol. The Bertz CT molecular complexity index is 2430. The summed E-state index contributed by atoms with van der Waals surface area (Å²) >= 11 is 0. The lowest BCUT2D eigenvalue weighted by Crippen LogP contribution is -2.64. The number of rotatable bonds is 23. The summed E-state index contributed by atoms with van der Waals surface area (Å²) in [7, 11) is 0. The van der Waals surface area contributed by atoms with E-state index < -0.39 is 143 Å². The van der Waals surface area contributed by atoms with Crippen LogP contribution in [0, 0.1) is 33.3 Å². The third-order valence-electron chi connectivity index (χ3n) is 13.1. The van der Waals surface area contributed by atoms with E-state index in [0.29, 0.717) is 57.3 Å². The van der Waals surface area contributed by atoms with Gasteiger partial charge in [-0.1, -0.05) is 38.1 Å². The maximum Gasteiger partial charge on any atom is 0.396 e. The number of hydrogen-bond donors (Lipinski definition) is 7. The van der Waals surface area contributed by atoms with Gasteiger partial charge in [-0.05, 0) is 88.6 Å². The van der Waals surface area contributed by atoms with Crippen LogP contribution in [0.4, 0.5) is 52.7 Å². The fourth-order valence-electron chi connectivity index (χ4n) is 7.09. The van der Waals surface area contributed by atoms with Crippen LogP contribution in [-0.4, -0.2) is 102 Å². The molecule has 2 aromatic carbocycles. The number of halogens is 12. The number of nitrogens with one attached hydrogen (secondary N) is 4. The van der Waals surface area contributed by atoms with E-state index in [1.807, 2.05) is 0 Å². The van der Waals surface area contributed by atoms with Crippen molar-refractivity contribution < 1.29 is 77.0 Å². The largest absolute Gasteiger partial charge is 0.404 e. The predicted octanol–water partition coefficient (Wildman–Crippen LogP) is 6.82. The fraction of sp³-hybridized carbons (Fsp3) is 0.532. The standard InChI is InChI=1S/C47H57F12N9O5/c1-42(2,46(54,55)56)34(65-38(72)44(5)11-12-44)36(70)64-32(15-24-7-9-25(10-8-24)27(18-60)20-62-40(50)51)33(69)23-68(22-29-30(48)16-26(17-31(29)49)28(19-61)21-63-41(52)53)67-37(71)35(43(3,4)47(57,58)59)66-39(73)45(6)13-14-45/h7-10,16-21,32-35,40-41,69H,11-15,22-23,60-61H2,1-6H3,(H,64,70)(H,65,72)(H,66,73)(H,67,71)/t32-,33-,34+,35+/m0/s1. The minimum absolute atomic E-state index is 0.000985. The monoisotopic (exact) mass is 1060 g/mol. The Morgan fingerprint density at radius 3 is 1.49 bits per heavy atom. The molecule has 73 heavy (non-hydrogen) atoms. The van der Waals surface area contributed by atoms with E-state index in [0.717, 1.165) is 12.4 Å². The Hall–Kier alpha value is -6.18. The normalized spacial score (nSPS) is 17.9. The summed E-state index contributed by atoms with van der Waals surface area (Å²) in [6.07, 6.45) is -9.15. The number of carbonyl (C=O) groups excluding carboxylic acids is 4. The quantitative estimate of drug-likeness (QED) is 0.0271. The third kappa shape index (κ3) is 15.0. The van der Waals surface area contributed by atoms with Crippen molar-refractivity contribution in [2.24, 2.45) is 43.1 Å². The number of nitrogens with two attached hydrogens (primary N) is 2. The van der Waals surface area contributed by atoms with Gasteiger partial charge in [-0.2, -0.15) is 43.9 Å². The van der Waals surface area contributed by atoms with Gasteiger partial charge in [0.05, 0.1) is 23.0 Å². The lowest BCUT2D eigenvalue weighted by atomic mass is 9.82. The summed E-state index contributed by atoms with van der Waals surface area (Å²) in [5.74, 6) is -7.95. The Morgan fingerprint density at radius 2 is 1.11 bits per heavy atom. The number of aliphatic hydroxyl groups is 1. The summed E-state index contributed by atoms with van der Waals surface area (Å²) in [5.41, 5.74) is 3.34. The molecular formula is C47H57F12N9O5. The molecule has 0 heterocycles. The Balaban J connectivity index is 1.86. The van der Waals surface area contributed by atoms with Gasteiger partial charge >= 0.3 is 25.5 Å². The second kappa shape index (κ2) is 22.9. The Morgan fingerprint density at radius 1 is 0.699 bits per heavy atom. The predicted molar refractivity (Wildman–Crippen MR) is 245 cm³/mol. The molecule has 0 bridgehead atoms. The van der Waals surface area contributed by atoms with Gasteiger partial charge in [-0.25, -0.2) is 23.8 Å². The minimum Gasteiger partial charge on any atom is -0.404 e. The summed E-state index contributed by atoms with van der Waals surface area (Å²) in [6, 6.07) is -0.175. The third-order valence-corrected chi connectivity index (χ3v) is 13.1. The molecule has 2 aliphatic rings. The molecule has 2 fully saturated rings. The first-order valence-electron chi connectivity index (χ1n) is 22.4. The van der Waals surface area contributed by atoms with E-state index in [9.17, 15) is 68.2 Å². The highest BCUT2D eigenvalue weighted by atomic mass is 19.4. The van der Waals surface area contributed by atoms with E-state index >= 15 is 8.78 Å². The highest BCUT2D eigenvalue weighted by Gasteiger charge is 2.59. The number of benzene rings is 2. The smallest absolute Gasteiger partial charge is 0.396 e. The van der Waals surface area contributed by atoms with Crippen LogP contribution in [0.3, 0.4) is 0 Å². The van der Waals surface area contributed by atoms with E-state index in [1.54, 1.807) is 0 Å². The molecule has 0 spiro atoms. The number of aliphatic hydroxyl groups excluding tert-OH is 1. The lowest BCUT2D eigenvalue weighted by molar-refractivity contribution is -0.222. The van der Waals surface area contributed by atoms with E-state index in [4.69, 9.17) is 11.5 Å². The summed E-state index contributed by atoms with van der Waals surface area (Å²) < 4.78 is 172. The lowest BCUT2D eigenvalue weighted by Gasteiger charge is -2.39. The minimum atomic E-state index is -5.21. The van der Waals surface area contributed by atoms with Crippen LogP contribution in [0.2, 0.25) is 0 Å². The number of allylic oxidation sites excluding steroid dienone is 2. The first kappa shape index (κ1) is 59.4. The van der Waals surface area contributed by atoms with Crippen molar-refractivity contribution in [1.82, 2.24) is 26.4 Å². The molecule has 0 radical (unpaired) electrons. The fourth-order valence-corrected chi connectivity index (χ4v) is 7.09. The molecule has 0 aliphatic heterocycles. The zero-order chi connectivity index (χ0) is 55.2. The molecule has 14 nitrogen and oxygen atoms in total. The summed E-state index contributed by atoms with van der Waals surface area (Å²) in [6.45, 7) is -3.38. The topological polar surface area (TPSA) is 217 Å². The molecule has 0 aromatic heterocycles. The Kier molecular flexibility index (Phi) is 18.7. The van der Waals surface area contributed by atoms with Crippen LogP contribution < -0.4 is 32.8 Å². The number of hydrogen-bond acceptors (Lipinski definition) is 10. The second-order valence-electron chi connectivity index (χ2n) is 19.6. The molecular weight excluding hydrogens is 999 g/mol. The van der Waals surface area contributed by atoms with E-state index in [-0.39, 0.29) is 42.4 Å². The van der Waals surface area contributed by atoms with E-state index in [1.165, 1.54) is 38.1 Å².